The Kier molecular flexibility index (Phi) is 4.68. The Morgan fingerprint density at radius 2 is 1.72 bits per heavy atom. The molecule has 94 valence electrons. The van der Waals surface area contributed by atoms with Gasteiger partial charge < -0.3 is 0 Å². The van der Waals surface area contributed by atoms with Crippen LogP contribution < -0.4 is 0 Å². The molecule has 0 aromatic heterocycles. The van der Waals surface area contributed by atoms with Crippen LogP contribution in [0.3, 0.4) is 0 Å². The van der Waals surface area contributed by atoms with Crippen LogP contribution in [-0.4, -0.2) is 0 Å². The summed E-state index contributed by atoms with van der Waals surface area (Å²) in [4.78, 5) is 0. The molecule has 0 amide bonds. The number of alkyl halides is 1. The van der Waals surface area contributed by atoms with Crippen LogP contribution in [0.5, 0.6) is 0 Å². The molecule has 0 radical (unpaired) electrons. The van der Waals surface area contributed by atoms with Gasteiger partial charge in [0.2, 0.25) is 0 Å². The van der Waals surface area contributed by atoms with Crippen LogP contribution in [0.4, 0.5) is 0 Å². The zero-order valence-corrected chi connectivity index (χ0v) is 11.9. The molecule has 2 aromatic rings. The van der Waals surface area contributed by atoms with Crippen molar-refractivity contribution in [2.45, 2.75) is 25.1 Å². The van der Waals surface area contributed by atoms with Crippen LogP contribution in [0.25, 0.3) is 0 Å². The lowest BCUT2D eigenvalue weighted by Crippen LogP contribution is -1.94. The van der Waals surface area contributed by atoms with E-state index in [0.717, 1.165) is 29.0 Å². The second-order valence-electron chi connectivity index (χ2n) is 4.41. The summed E-state index contributed by atoms with van der Waals surface area (Å²) in [5.41, 5.74) is 3.50. The number of rotatable bonds is 4. The minimum atomic E-state index is -0.139. The van der Waals surface area contributed by atoms with Crippen molar-refractivity contribution in [3.05, 3.63) is 70.2 Å². The van der Waals surface area contributed by atoms with E-state index in [4.69, 9.17) is 23.2 Å². The SMILES string of the molecule is CCCc1ccc(C(Cl)c2cccc(Cl)c2)cc1. The normalized spacial score (nSPS) is 12.4. The third-order valence-corrected chi connectivity index (χ3v) is 3.69. The highest BCUT2D eigenvalue weighted by molar-refractivity contribution is 6.30. The van der Waals surface area contributed by atoms with Crippen LogP contribution in [0.15, 0.2) is 48.5 Å². The molecule has 0 saturated heterocycles. The minimum absolute atomic E-state index is 0.139. The molecule has 18 heavy (non-hydrogen) atoms. The topological polar surface area (TPSA) is 0 Å². The molecule has 1 atom stereocenters. The van der Waals surface area contributed by atoms with Crippen molar-refractivity contribution in [2.24, 2.45) is 0 Å². The average molecular weight is 279 g/mol. The Morgan fingerprint density at radius 3 is 2.33 bits per heavy atom. The Balaban J connectivity index is 2.20. The number of benzene rings is 2. The van der Waals surface area contributed by atoms with Gasteiger partial charge in [-0.15, -0.1) is 11.6 Å². The molecular weight excluding hydrogens is 263 g/mol. The quantitative estimate of drug-likeness (QED) is 0.637. The third-order valence-electron chi connectivity index (χ3n) is 2.95. The summed E-state index contributed by atoms with van der Waals surface area (Å²) in [5, 5.41) is 0.583. The highest BCUT2D eigenvalue weighted by atomic mass is 35.5. The molecule has 0 bridgehead atoms. The standard InChI is InChI=1S/C16H16Cl2/c1-2-4-12-7-9-13(10-8-12)16(18)14-5-3-6-15(17)11-14/h3,5-11,16H,2,4H2,1H3. The summed E-state index contributed by atoms with van der Waals surface area (Å²) in [7, 11) is 0. The lowest BCUT2D eigenvalue weighted by molar-refractivity contribution is 0.920. The van der Waals surface area contributed by atoms with Crippen molar-refractivity contribution in [3.8, 4) is 0 Å². The molecule has 1 unspecified atom stereocenters. The fourth-order valence-electron chi connectivity index (χ4n) is 2.00. The second-order valence-corrected chi connectivity index (χ2v) is 5.28. The van der Waals surface area contributed by atoms with Gasteiger partial charge in [0.1, 0.15) is 0 Å². The first-order valence-corrected chi connectivity index (χ1v) is 7.00. The molecule has 2 heteroatoms. The van der Waals surface area contributed by atoms with Gasteiger partial charge in [0.05, 0.1) is 5.38 Å². The molecule has 0 heterocycles. The summed E-state index contributed by atoms with van der Waals surface area (Å²) in [5.74, 6) is 0. The van der Waals surface area contributed by atoms with Crippen molar-refractivity contribution < 1.29 is 0 Å². The summed E-state index contributed by atoms with van der Waals surface area (Å²) >= 11 is 12.5. The second kappa shape index (κ2) is 6.26. The molecule has 0 N–H and O–H groups in total. The van der Waals surface area contributed by atoms with E-state index < -0.39 is 0 Å². The highest BCUT2D eigenvalue weighted by Gasteiger charge is 2.10. The maximum absolute atomic E-state index is 6.47. The molecule has 0 aliphatic carbocycles. The van der Waals surface area contributed by atoms with Crippen LogP contribution in [0.2, 0.25) is 5.02 Å². The van der Waals surface area contributed by atoms with Crippen LogP contribution >= 0.6 is 23.2 Å². The van der Waals surface area contributed by atoms with Gasteiger partial charge in [-0.1, -0.05) is 61.3 Å². The highest BCUT2D eigenvalue weighted by Crippen LogP contribution is 2.30. The first-order chi connectivity index (χ1) is 8.70. The van der Waals surface area contributed by atoms with Gasteiger partial charge in [0.15, 0.2) is 0 Å². The summed E-state index contributed by atoms with van der Waals surface area (Å²) in [6.07, 6.45) is 2.28. The molecule has 0 aliphatic rings. The van der Waals surface area contributed by atoms with Gasteiger partial charge in [-0.2, -0.15) is 0 Å². The third kappa shape index (κ3) is 3.28. The maximum atomic E-state index is 6.47. The van der Waals surface area contributed by atoms with Crippen LogP contribution in [0, 0.1) is 0 Å². The van der Waals surface area contributed by atoms with Crippen molar-refractivity contribution in [3.63, 3.8) is 0 Å². The van der Waals surface area contributed by atoms with E-state index in [1.807, 2.05) is 24.3 Å². The van der Waals surface area contributed by atoms with Gasteiger partial charge >= 0.3 is 0 Å². The molecule has 0 nitrogen and oxygen atoms in total. The molecule has 0 spiro atoms. The van der Waals surface area contributed by atoms with Gasteiger partial charge in [0, 0.05) is 5.02 Å². The number of halogens is 2. The molecule has 0 saturated carbocycles. The molecule has 2 aromatic carbocycles. The van der Waals surface area contributed by atoms with Crippen LogP contribution in [0.1, 0.15) is 35.4 Å². The van der Waals surface area contributed by atoms with Crippen molar-refractivity contribution in [1.82, 2.24) is 0 Å². The van der Waals surface area contributed by atoms with Gasteiger partial charge in [0.25, 0.3) is 0 Å². The molecule has 0 fully saturated rings. The van der Waals surface area contributed by atoms with E-state index in [2.05, 4.69) is 31.2 Å². The lowest BCUT2D eigenvalue weighted by Gasteiger charge is -2.11. The van der Waals surface area contributed by atoms with Crippen molar-refractivity contribution in [1.29, 1.82) is 0 Å². The van der Waals surface area contributed by atoms with E-state index in [1.54, 1.807) is 0 Å². The fourth-order valence-corrected chi connectivity index (χ4v) is 2.48. The molecule has 2 rings (SSSR count). The first-order valence-electron chi connectivity index (χ1n) is 6.19. The van der Waals surface area contributed by atoms with Crippen molar-refractivity contribution in [2.75, 3.05) is 0 Å². The smallest absolute Gasteiger partial charge is 0.0835 e. The maximum Gasteiger partial charge on any atom is 0.0835 e. The monoisotopic (exact) mass is 278 g/mol. The molecule has 0 aliphatic heterocycles. The number of hydrogen-bond acceptors (Lipinski definition) is 0. The van der Waals surface area contributed by atoms with E-state index in [-0.39, 0.29) is 5.38 Å². The fraction of sp³-hybridized carbons (Fsp3) is 0.250. The van der Waals surface area contributed by atoms with E-state index in [0.29, 0.717) is 0 Å². The first kappa shape index (κ1) is 13.5. The van der Waals surface area contributed by atoms with Gasteiger partial charge in [-0.05, 0) is 35.2 Å². The lowest BCUT2D eigenvalue weighted by atomic mass is 10.0. The van der Waals surface area contributed by atoms with E-state index in [9.17, 15) is 0 Å². The predicted octanol–water partition coefficient (Wildman–Crippen LogP) is 5.62. The number of aryl methyl sites for hydroxylation is 1. The molecular formula is C16H16Cl2. The zero-order chi connectivity index (χ0) is 13.0. The Labute approximate surface area is 119 Å². The van der Waals surface area contributed by atoms with E-state index >= 15 is 0 Å². The Bertz CT molecular complexity index is 503. The largest absolute Gasteiger partial charge is 0.113 e. The predicted molar refractivity (Wildman–Crippen MR) is 79.6 cm³/mol. The number of hydrogen-bond donors (Lipinski definition) is 0. The van der Waals surface area contributed by atoms with Crippen LogP contribution in [-0.2, 0) is 6.42 Å². The summed E-state index contributed by atoms with van der Waals surface area (Å²) < 4.78 is 0. The van der Waals surface area contributed by atoms with Gasteiger partial charge in [-0.25, -0.2) is 0 Å². The summed E-state index contributed by atoms with van der Waals surface area (Å²) in [6.45, 7) is 2.18. The minimum Gasteiger partial charge on any atom is -0.113 e. The van der Waals surface area contributed by atoms with E-state index in [1.165, 1.54) is 5.56 Å². The summed E-state index contributed by atoms with van der Waals surface area (Å²) in [6, 6.07) is 16.2. The Morgan fingerprint density at radius 1 is 1.00 bits per heavy atom. The van der Waals surface area contributed by atoms with Gasteiger partial charge in [-0.3, -0.25) is 0 Å². The Hall–Kier alpha value is -0.980. The van der Waals surface area contributed by atoms with Crippen molar-refractivity contribution >= 4 is 23.2 Å². The average Bonchev–Trinajstić information content (AvgIpc) is 2.39. The zero-order valence-electron chi connectivity index (χ0n) is 10.4.